The minimum Gasteiger partial charge on any atom is -0.545 e. The molecule has 3 rings (SSSR count). The minimum atomic E-state index is -2.51. The van der Waals surface area contributed by atoms with E-state index in [1.165, 1.54) is 6.07 Å². The Morgan fingerprint density at radius 3 is 2.41 bits per heavy atom. The van der Waals surface area contributed by atoms with Gasteiger partial charge in [-0.15, -0.1) is 0 Å². The fraction of sp³-hybridized carbons (Fsp3) is 0.462. The molecule has 0 aliphatic heterocycles. The number of halogens is 2. The quantitative estimate of drug-likeness (QED) is 0.787. The van der Waals surface area contributed by atoms with Gasteiger partial charge in [-0.25, -0.2) is 8.78 Å². The second kappa shape index (κ2) is 3.28. The molecule has 17 heavy (non-hydrogen) atoms. The maximum absolute atomic E-state index is 13.1. The number of hydrogen-bond acceptors (Lipinski definition) is 2. The highest BCUT2D eigenvalue weighted by molar-refractivity contribution is 5.87. The summed E-state index contributed by atoms with van der Waals surface area (Å²) >= 11 is 0. The van der Waals surface area contributed by atoms with Gasteiger partial charge in [0.15, 0.2) is 0 Å². The normalized spacial score (nSPS) is 33.2. The van der Waals surface area contributed by atoms with Gasteiger partial charge in [-0.2, -0.15) is 0 Å². The van der Waals surface area contributed by atoms with Crippen LogP contribution in [0.1, 0.15) is 34.7 Å². The Kier molecular flexibility index (Phi) is 2.06. The Morgan fingerprint density at radius 1 is 1.24 bits per heavy atom. The Bertz CT molecular complexity index is 470. The fourth-order valence-electron chi connectivity index (χ4n) is 3.11. The molecule has 4 heteroatoms. The largest absolute Gasteiger partial charge is 0.545 e. The van der Waals surface area contributed by atoms with Crippen LogP contribution in [0.3, 0.4) is 0 Å². The molecule has 2 saturated carbocycles. The number of carbonyl (C=O) groups is 1. The molecule has 0 aromatic heterocycles. The molecule has 0 heterocycles. The minimum absolute atomic E-state index is 0.0567. The van der Waals surface area contributed by atoms with Gasteiger partial charge in [0, 0.05) is 17.4 Å². The lowest BCUT2D eigenvalue weighted by atomic mass is 9.90. The lowest BCUT2D eigenvalue weighted by Gasteiger charge is -2.18. The first-order chi connectivity index (χ1) is 8.01. The summed E-state index contributed by atoms with van der Waals surface area (Å²) in [5.74, 6) is -4.87. The summed E-state index contributed by atoms with van der Waals surface area (Å²) in [5.41, 5.74) is 0.789. The monoisotopic (exact) mass is 237 g/mol. The second-order valence-electron chi connectivity index (χ2n) is 4.93. The van der Waals surface area contributed by atoms with E-state index < -0.39 is 23.7 Å². The summed E-state index contributed by atoms with van der Waals surface area (Å²) in [6, 6.07) is 6.55. The number of carboxylic acid groups (broad SMARTS) is 1. The zero-order chi connectivity index (χ0) is 12.2. The first-order valence-corrected chi connectivity index (χ1v) is 5.70. The average Bonchev–Trinajstić information content (AvgIpc) is 2.70. The number of fused-ring (bicyclic) bond motifs is 1. The van der Waals surface area contributed by atoms with Gasteiger partial charge in [0.25, 0.3) is 5.92 Å². The molecule has 0 bridgehead atoms. The predicted molar refractivity (Wildman–Crippen MR) is 54.7 cm³/mol. The van der Waals surface area contributed by atoms with E-state index >= 15 is 0 Å². The van der Waals surface area contributed by atoms with Gasteiger partial charge >= 0.3 is 0 Å². The second-order valence-corrected chi connectivity index (χ2v) is 4.93. The fourth-order valence-corrected chi connectivity index (χ4v) is 3.11. The molecule has 2 aliphatic rings. The van der Waals surface area contributed by atoms with E-state index in [2.05, 4.69) is 0 Å². The number of benzene rings is 1. The van der Waals surface area contributed by atoms with E-state index in [1.54, 1.807) is 18.2 Å². The molecular formula is C13H11F2O2-. The van der Waals surface area contributed by atoms with Crippen molar-refractivity contribution in [3.63, 3.8) is 0 Å². The van der Waals surface area contributed by atoms with Crippen LogP contribution in [0.5, 0.6) is 0 Å². The SMILES string of the molecule is O=C([O-])c1ccccc1C1CC2C(C1)C2(F)F. The molecule has 2 fully saturated rings. The Morgan fingerprint density at radius 2 is 1.82 bits per heavy atom. The smallest absolute Gasteiger partial charge is 0.254 e. The van der Waals surface area contributed by atoms with E-state index in [1.807, 2.05) is 0 Å². The summed E-state index contributed by atoms with van der Waals surface area (Å²) in [6.07, 6.45) is 0.782. The summed E-state index contributed by atoms with van der Waals surface area (Å²) in [7, 11) is 0. The lowest BCUT2D eigenvalue weighted by Crippen LogP contribution is -2.24. The first kappa shape index (κ1) is 10.7. The molecule has 0 radical (unpaired) electrons. The van der Waals surface area contributed by atoms with E-state index in [9.17, 15) is 18.7 Å². The summed E-state index contributed by atoms with van der Waals surface area (Å²) in [4.78, 5) is 10.9. The molecule has 2 unspecified atom stereocenters. The molecule has 0 N–H and O–H groups in total. The van der Waals surface area contributed by atoms with Crippen LogP contribution in [0, 0.1) is 11.8 Å². The van der Waals surface area contributed by atoms with Crippen molar-refractivity contribution in [1.82, 2.24) is 0 Å². The molecule has 0 saturated heterocycles. The van der Waals surface area contributed by atoms with Crippen molar-refractivity contribution in [3.8, 4) is 0 Å². The van der Waals surface area contributed by atoms with Crippen molar-refractivity contribution >= 4 is 5.97 Å². The van der Waals surface area contributed by atoms with Crippen LogP contribution in [0.4, 0.5) is 8.78 Å². The molecule has 0 spiro atoms. The predicted octanol–water partition coefficient (Wildman–Crippen LogP) is 1.81. The number of carboxylic acids is 1. The Hall–Kier alpha value is -1.45. The molecular weight excluding hydrogens is 226 g/mol. The molecule has 2 atom stereocenters. The number of hydrogen-bond donors (Lipinski definition) is 0. The van der Waals surface area contributed by atoms with Crippen LogP contribution in [0.25, 0.3) is 0 Å². The maximum Gasteiger partial charge on any atom is 0.254 e. The van der Waals surface area contributed by atoms with Gasteiger partial charge in [0.1, 0.15) is 0 Å². The van der Waals surface area contributed by atoms with Crippen molar-refractivity contribution in [2.75, 3.05) is 0 Å². The van der Waals surface area contributed by atoms with Gasteiger partial charge < -0.3 is 9.90 Å². The van der Waals surface area contributed by atoms with Crippen LogP contribution < -0.4 is 5.11 Å². The molecule has 2 aliphatic carbocycles. The third-order valence-corrected chi connectivity index (χ3v) is 4.06. The highest BCUT2D eigenvalue weighted by Gasteiger charge is 2.71. The summed E-state index contributed by atoms with van der Waals surface area (Å²) < 4.78 is 26.1. The average molecular weight is 237 g/mol. The van der Waals surface area contributed by atoms with E-state index in [0.29, 0.717) is 18.4 Å². The van der Waals surface area contributed by atoms with Crippen molar-refractivity contribution in [3.05, 3.63) is 35.4 Å². The molecule has 1 aromatic rings. The van der Waals surface area contributed by atoms with Gasteiger partial charge in [-0.3, -0.25) is 0 Å². The Labute approximate surface area is 97.3 Å². The van der Waals surface area contributed by atoms with Crippen LogP contribution in [-0.4, -0.2) is 11.9 Å². The van der Waals surface area contributed by atoms with Gasteiger partial charge in [0.2, 0.25) is 0 Å². The lowest BCUT2D eigenvalue weighted by molar-refractivity contribution is -0.255. The van der Waals surface area contributed by atoms with Crippen LogP contribution in [-0.2, 0) is 0 Å². The van der Waals surface area contributed by atoms with Crippen molar-refractivity contribution in [1.29, 1.82) is 0 Å². The van der Waals surface area contributed by atoms with E-state index in [0.717, 1.165) is 0 Å². The summed E-state index contributed by atoms with van der Waals surface area (Å²) in [5, 5.41) is 10.9. The molecule has 0 amide bonds. The first-order valence-electron chi connectivity index (χ1n) is 5.70. The van der Waals surface area contributed by atoms with Gasteiger partial charge in [0.05, 0.1) is 5.97 Å². The maximum atomic E-state index is 13.1. The highest BCUT2D eigenvalue weighted by atomic mass is 19.3. The van der Waals surface area contributed by atoms with Gasteiger partial charge in [-0.1, -0.05) is 24.3 Å². The van der Waals surface area contributed by atoms with Crippen LogP contribution >= 0.6 is 0 Å². The third-order valence-electron chi connectivity index (χ3n) is 4.06. The van der Waals surface area contributed by atoms with Crippen molar-refractivity contribution < 1.29 is 18.7 Å². The summed E-state index contributed by atoms with van der Waals surface area (Å²) in [6.45, 7) is 0. The number of carbonyl (C=O) groups excluding carboxylic acids is 1. The van der Waals surface area contributed by atoms with Crippen LogP contribution in [0.15, 0.2) is 24.3 Å². The standard InChI is InChI=1S/C13H12F2O2/c14-13(15)10-5-7(6-11(10)13)8-3-1-2-4-9(8)12(16)17/h1-4,7,10-11H,5-6H2,(H,16,17)/p-1. The third kappa shape index (κ3) is 1.47. The highest BCUT2D eigenvalue weighted by Crippen LogP contribution is 2.67. The van der Waals surface area contributed by atoms with E-state index in [-0.39, 0.29) is 11.5 Å². The zero-order valence-electron chi connectivity index (χ0n) is 9.03. The Balaban J connectivity index is 1.86. The topological polar surface area (TPSA) is 40.1 Å². The number of rotatable bonds is 2. The molecule has 1 aromatic carbocycles. The molecule has 90 valence electrons. The molecule has 2 nitrogen and oxygen atoms in total. The van der Waals surface area contributed by atoms with Crippen LogP contribution in [0.2, 0.25) is 0 Å². The zero-order valence-corrected chi connectivity index (χ0v) is 9.03. The van der Waals surface area contributed by atoms with Crippen molar-refractivity contribution in [2.24, 2.45) is 11.8 Å². The van der Waals surface area contributed by atoms with Crippen molar-refractivity contribution in [2.45, 2.75) is 24.7 Å². The van der Waals surface area contributed by atoms with E-state index in [4.69, 9.17) is 0 Å². The number of aromatic carboxylic acids is 1. The number of alkyl halides is 2. The van der Waals surface area contributed by atoms with Gasteiger partial charge in [-0.05, 0) is 24.3 Å².